The van der Waals surface area contributed by atoms with Crippen LogP contribution >= 0.6 is 8.03 Å². The molecule has 1 aliphatic carbocycles. The van der Waals surface area contributed by atoms with Crippen LogP contribution in [-0.4, -0.2) is 43.2 Å². The number of carbonyl (C=O) groups is 1. The number of pyridine rings is 1. The molecule has 2 atom stereocenters. The van der Waals surface area contributed by atoms with Crippen LogP contribution in [0, 0.1) is 17.7 Å². The van der Waals surface area contributed by atoms with Crippen molar-refractivity contribution in [2.24, 2.45) is 0 Å². The Morgan fingerprint density at radius 3 is 2.10 bits per heavy atom. The Morgan fingerprint density at radius 2 is 1.59 bits per heavy atom. The fourth-order valence-electron chi connectivity index (χ4n) is 6.36. The van der Waals surface area contributed by atoms with Crippen molar-refractivity contribution >= 4 is 32.7 Å². The second-order valence-electron chi connectivity index (χ2n) is 14.0. The second kappa shape index (κ2) is 15.8. The third-order valence-electron chi connectivity index (χ3n) is 8.84. The van der Waals surface area contributed by atoms with E-state index in [-0.39, 0.29) is 36.0 Å². The second-order valence-corrected chi connectivity index (χ2v) is 19.7. The highest BCUT2D eigenvalue weighted by molar-refractivity contribution is 7.39. The smallest absolute Gasteiger partial charge is 0.305 e. The Kier molecular flexibility index (Phi) is 11.7. The largest absolute Gasteiger partial charge is 0.481 e. The zero-order chi connectivity index (χ0) is 35.2. The van der Waals surface area contributed by atoms with Gasteiger partial charge < -0.3 is 14.1 Å². The molecule has 5 rings (SSSR count). The average molecular weight is 698 g/mol. The van der Waals surface area contributed by atoms with E-state index in [9.17, 15) is 18.9 Å². The molecule has 2 unspecified atom stereocenters. The number of hydrogen-bond donors (Lipinski definition) is 1. The molecule has 1 aliphatic rings. The third kappa shape index (κ3) is 8.84. The molecule has 1 fully saturated rings. The van der Waals surface area contributed by atoms with Gasteiger partial charge in [0.1, 0.15) is 12.4 Å². The predicted octanol–water partition coefficient (Wildman–Crippen LogP) is 8.15. The monoisotopic (exact) mass is 697 g/mol. The highest BCUT2D eigenvalue weighted by Gasteiger charge is 2.51. The predicted molar refractivity (Wildman–Crippen MR) is 197 cm³/mol. The Bertz CT molecular complexity index is 1790. The van der Waals surface area contributed by atoms with Gasteiger partial charge in [0.2, 0.25) is 0 Å². The van der Waals surface area contributed by atoms with Crippen molar-refractivity contribution < 1.29 is 27.8 Å². The first-order valence-corrected chi connectivity index (χ1v) is 20.3. The number of aliphatic carboxylic acids is 1. The number of rotatable bonds is 13. The van der Waals surface area contributed by atoms with Crippen molar-refractivity contribution in [3.05, 3.63) is 114 Å². The van der Waals surface area contributed by atoms with E-state index in [4.69, 9.17) is 13.9 Å². The molecule has 0 amide bonds. The van der Waals surface area contributed by atoms with Gasteiger partial charge in [0.25, 0.3) is 8.32 Å². The summed E-state index contributed by atoms with van der Waals surface area (Å²) < 4.78 is 40.1. The molecule has 0 aliphatic heterocycles. The van der Waals surface area contributed by atoms with Crippen LogP contribution < -0.4 is 10.4 Å². The van der Waals surface area contributed by atoms with Crippen LogP contribution in [0.3, 0.4) is 0 Å². The van der Waals surface area contributed by atoms with Crippen LogP contribution in [0.5, 0.6) is 0 Å². The van der Waals surface area contributed by atoms with Crippen molar-refractivity contribution in [3.63, 3.8) is 0 Å². The van der Waals surface area contributed by atoms with Crippen LogP contribution in [-0.2, 0) is 18.3 Å². The van der Waals surface area contributed by atoms with E-state index in [0.717, 1.165) is 51.3 Å². The van der Waals surface area contributed by atoms with Gasteiger partial charge in [-0.15, -0.1) is 0 Å². The highest BCUT2D eigenvalue weighted by Crippen LogP contribution is 2.42. The Balaban J connectivity index is 1.40. The van der Waals surface area contributed by atoms with E-state index in [1.807, 2.05) is 60.7 Å². The molecule has 0 bridgehead atoms. The maximum atomic E-state index is 13.8. The van der Waals surface area contributed by atoms with Gasteiger partial charge in [-0.2, -0.15) is 0 Å². The first kappa shape index (κ1) is 36.4. The van der Waals surface area contributed by atoms with E-state index >= 15 is 0 Å². The van der Waals surface area contributed by atoms with Crippen LogP contribution in [0.15, 0.2) is 91.0 Å². The average Bonchev–Trinajstić information content (AvgIpc) is 3.91. The van der Waals surface area contributed by atoms with Gasteiger partial charge in [0.05, 0.1) is 23.8 Å². The maximum absolute atomic E-state index is 13.8. The summed E-state index contributed by atoms with van der Waals surface area (Å²) in [5.41, 5.74) is 4.38. The quantitative estimate of drug-likeness (QED) is 0.0863. The maximum Gasteiger partial charge on any atom is 0.305 e. The highest BCUT2D eigenvalue weighted by atomic mass is 31.1. The number of benzene rings is 3. The number of halogens is 1. The molecular formula is C40H45FNO5PSi. The number of nitrogens with zero attached hydrogens (tertiary/aromatic N) is 1. The van der Waals surface area contributed by atoms with Gasteiger partial charge in [-0.05, 0) is 57.9 Å². The van der Waals surface area contributed by atoms with E-state index < -0.39 is 28.4 Å². The normalized spacial score (nSPS) is 14.6. The van der Waals surface area contributed by atoms with E-state index in [1.165, 1.54) is 12.1 Å². The fraction of sp³-hybridized carbons (Fsp3) is 0.350. The Labute approximate surface area is 291 Å². The summed E-state index contributed by atoms with van der Waals surface area (Å²) in [5.74, 6) is 5.46. The molecule has 49 heavy (non-hydrogen) atoms. The first-order valence-electron chi connectivity index (χ1n) is 16.8. The molecule has 6 nitrogen and oxygen atoms in total. The van der Waals surface area contributed by atoms with E-state index in [0.29, 0.717) is 5.92 Å². The van der Waals surface area contributed by atoms with Crippen molar-refractivity contribution in [2.75, 3.05) is 12.8 Å². The van der Waals surface area contributed by atoms with Crippen LogP contribution in [0.25, 0.3) is 11.1 Å². The summed E-state index contributed by atoms with van der Waals surface area (Å²) in [6.07, 6.45) is 0.985. The van der Waals surface area contributed by atoms with E-state index in [2.05, 4.69) is 52.5 Å². The fourth-order valence-corrected chi connectivity index (χ4v) is 12.2. The molecule has 3 aromatic carbocycles. The molecule has 1 saturated carbocycles. The standard InChI is InChI=1S/C40H45FNO5PSi/c1-28(2)39-35(36(26-37(42-39)30-18-19-30)29-20-22-31(41)23-21-29)17-12-24-46-48(45)27-32(25-38(43)44)47-49(40(3,4)5,33-13-8-6-9-14-33)34-15-10-7-11-16-34/h6-11,13-16,20-23,26,28,30,32,48H,18-19,24-25,27H2,1-5H3,(H,43,44). The lowest BCUT2D eigenvalue weighted by Crippen LogP contribution is -2.68. The summed E-state index contributed by atoms with van der Waals surface area (Å²) in [7, 11) is -5.84. The molecule has 1 aromatic heterocycles. The van der Waals surface area contributed by atoms with Gasteiger partial charge in [-0.25, -0.2) is 4.39 Å². The minimum atomic E-state index is -3.10. The van der Waals surface area contributed by atoms with Crippen LogP contribution in [0.4, 0.5) is 4.39 Å². The number of aromatic nitrogens is 1. The SMILES string of the molecule is CC(C)c1nc(C2CC2)cc(-c2ccc(F)cc2)c1C#CCO[PH](=O)CC(CC(=O)O)O[Si](c1ccccc1)(c1ccccc1)C(C)(C)C. The number of carboxylic acids is 1. The summed E-state index contributed by atoms with van der Waals surface area (Å²) in [6, 6.07) is 28.3. The Hall–Kier alpha value is -3.86. The van der Waals surface area contributed by atoms with Crippen molar-refractivity contribution in [1.82, 2.24) is 4.98 Å². The van der Waals surface area contributed by atoms with Crippen molar-refractivity contribution in [2.45, 2.75) is 76.9 Å². The van der Waals surface area contributed by atoms with E-state index in [1.54, 1.807) is 12.1 Å². The molecule has 4 aromatic rings. The molecule has 9 heteroatoms. The third-order valence-corrected chi connectivity index (χ3v) is 15.2. The lowest BCUT2D eigenvalue weighted by Gasteiger charge is -2.45. The minimum Gasteiger partial charge on any atom is -0.481 e. The molecule has 1 N–H and O–H groups in total. The molecule has 0 radical (unpaired) electrons. The van der Waals surface area contributed by atoms with Gasteiger partial charge in [-0.1, -0.05) is 119 Å². The Morgan fingerprint density at radius 1 is 1.00 bits per heavy atom. The number of hydrogen-bond acceptors (Lipinski definition) is 5. The summed E-state index contributed by atoms with van der Waals surface area (Å²) in [6.45, 7) is 10.4. The molecule has 0 spiro atoms. The van der Waals surface area contributed by atoms with Gasteiger partial charge in [0, 0.05) is 23.3 Å². The van der Waals surface area contributed by atoms with Crippen LogP contribution in [0.1, 0.15) is 82.7 Å². The van der Waals surface area contributed by atoms with Gasteiger partial charge in [-0.3, -0.25) is 14.3 Å². The zero-order valence-electron chi connectivity index (χ0n) is 28.8. The summed E-state index contributed by atoms with van der Waals surface area (Å²) in [5, 5.41) is 11.5. The molecule has 256 valence electrons. The minimum absolute atomic E-state index is 0.0567. The zero-order valence-corrected chi connectivity index (χ0v) is 30.8. The molecular weight excluding hydrogens is 652 g/mol. The van der Waals surface area contributed by atoms with Crippen molar-refractivity contribution in [1.29, 1.82) is 0 Å². The topological polar surface area (TPSA) is 85.7 Å². The summed E-state index contributed by atoms with van der Waals surface area (Å²) in [4.78, 5) is 17.1. The van der Waals surface area contributed by atoms with Gasteiger partial charge in [0.15, 0.2) is 8.03 Å². The molecule has 0 saturated heterocycles. The van der Waals surface area contributed by atoms with Gasteiger partial charge >= 0.3 is 5.97 Å². The molecule has 1 heterocycles. The van der Waals surface area contributed by atoms with Crippen molar-refractivity contribution in [3.8, 4) is 23.0 Å². The lowest BCUT2D eigenvalue weighted by molar-refractivity contribution is -0.138. The van der Waals surface area contributed by atoms with Crippen LogP contribution in [0.2, 0.25) is 5.04 Å². The summed E-state index contributed by atoms with van der Waals surface area (Å²) >= 11 is 0. The lowest BCUT2D eigenvalue weighted by atomic mass is 9.93. The first-order chi connectivity index (χ1) is 23.4. The number of carboxylic acid groups (broad SMARTS) is 1.